The first-order valence-corrected chi connectivity index (χ1v) is 4.79. The van der Waals surface area contributed by atoms with Gasteiger partial charge < -0.3 is 5.73 Å². The second kappa shape index (κ2) is 3.15. The molecule has 0 radical (unpaired) electrons. The molecule has 0 unspecified atom stereocenters. The molecule has 0 saturated carbocycles. The first kappa shape index (κ1) is 8.59. The maximum absolute atomic E-state index is 7.36. The number of aromatic nitrogens is 3. The number of nitrogens with two attached hydrogens (primary N) is 1. The Bertz CT molecular complexity index is 545. The summed E-state index contributed by atoms with van der Waals surface area (Å²) in [6, 6.07) is 3.74. The van der Waals surface area contributed by atoms with Gasteiger partial charge in [-0.25, -0.2) is 15.0 Å². The van der Waals surface area contributed by atoms with E-state index in [0.717, 1.165) is 5.69 Å². The minimum Gasteiger partial charge on any atom is -0.382 e. The number of fused-ring (bicyclic) bond motifs is 1. The van der Waals surface area contributed by atoms with E-state index in [1.807, 2.05) is 12.1 Å². The van der Waals surface area contributed by atoms with Crippen LogP contribution in [0.3, 0.4) is 0 Å². The van der Waals surface area contributed by atoms with Crippen molar-refractivity contribution in [3.8, 4) is 0 Å². The van der Waals surface area contributed by atoms with Crippen LogP contribution < -0.4 is 5.73 Å². The quantitative estimate of drug-likeness (QED) is 0.710. The van der Waals surface area contributed by atoms with Crippen molar-refractivity contribution in [2.75, 3.05) is 5.73 Å². The van der Waals surface area contributed by atoms with E-state index in [2.05, 4.69) is 35.7 Å². The highest BCUT2D eigenvalue weighted by molar-refractivity contribution is 5.83. The van der Waals surface area contributed by atoms with Crippen molar-refractivity contribution in [3.63, 3.8) is 0 Å². The third-order valence-corrected chi connectivity index (χ3v) is 2.23. The highest BCUT2D eigenvalue weighted by Gasteiger charge is 2.16. The molecule has 0 aromatic carbocycles. The monoisotopic (exact) mass is 203 g/mol. The van der Waals surface area contributed by atoms with Crippen LogP contribution in [0.5, 0.6) is 0 Å². The molecule has 0 saturated heterocycles. The van der Waals surface area contributed by atoms with Crippen molar-refractivity contribution in [2.24, 2.45) is 0 Å². The first-order chi connectivity index (χ1) is 7.38. The van der Waals surface area contributed by atoms with E-state index in [-0.39, 0.29) is 17.5 Å². The zero-order chi connectivity index (χ0) is 11.9. The van der Waals surface area contributed by atoms with Crippen molar-refractivity contribution < 1.29 is 1.37 Å². The van der Waals surface area contributed by atoms with Gasteiger partial charge in [-0.3, -0.25) is 0 Å². The molecule has 0 aliphatic rings. The molecule has 2 N–H and O–H groups in total. The van der Waals surface area contributed by atoms with E-state index in [0.29, 0.717) is 11.0 Å². The van der Waals surface area contributed by atoms with Crippen LogP contribution in [0.4, 0.5) is 5.82 Å². The van der Waals surface area contributed by atoms with Crippen LogP contribution in [0.25, 0.3) is 11.0 Å². The van der Waals surface area contributed by atoms with Gasteiger partial charge >= 0.3 is 0 Å². The summed E-state index contributed by atoms with van der Waals surface area (Å²) in [4.78, 5) is 12.2. The Kier molecular flexibility index (Phi) is 1.80. The molecule has 2 aromatic heterocycles. The molecule has 4 heteroatoms. The Morgan fingerprint density at radius 1 is 1.27 bits per heavy atom. The maximum atomic E-state index is 7.36. The van der Waals surface area contributed by atoms with Gasteiger partial charge in [-0.05, 0) is 12.1 Å². The van der Waals surface area contributed by atoms with Crippen LogP contribution in [0.2, 0.25) is 0 Å². The summed E-state index contributed by atoms with van der Waals surface area (Å²) in [5.41, 5.74) is 7.82. The van der Waals surface area contributed by atoms with Gasteiger partial charge in [0.1, 0.15) is 13.2 Å². The van der Waals surface area contributed by atoms with Gasteiger partial charge in [0.15, 0.2) is 5.82 Å². The topological polar surface area (TPSA) is 64.7 Å². The van der Waals surface area contributed by atoms with Gasteiger partial charge in [0.05, 0.1) is 5.52 Å². The standard InChI is InChI=1S/C11H14N4/c1-11(2,3)8-5-4-7-9(15-8)10(12)14-6-13-7/h4-6H,1-3H3,(H2,12,13,14)/i6D. The number of anilines is 1. The lowest BCUT2D eigenvalue weighted by atomic mass is 9.91. The van der Waals surface area contributed by atoms with Crippen molar-refractivity contribution in [3.05, 3.63) is 24.1 Å². The van der Waals surface area contributed by atoms with E-state index in [1.54, 1.807) is 0 Å². The van der Waals surface area contributed by atoms with E-state index in [9.17, 15) is 0 Å². The fourth-order valence-corrected chi connectivity index (χ4v) is 1.33. The molecular formula is C11H14N4. The predicted molar refractivity (Wildman–Crippen MR) is 60.4 cm³/mol. The molecule has 15 heavy (non-hydrogen) atoms. The summed E-state index contributed by atoms with van der Waals surface area (Å²) in [6.45, 7) is 6.24. The summed E-state index contributed by atoms with van der Waals surface area (Å²) >= 11 is 0. The van der Waals surface area contributed by atoms with Gasteiger partial charge in [-0.2, -0.15) is 0 Å². The second-order valence-electron chi connectivity index (χ2n) is 4.52. The average Bonchev–Trinajstić information content (AvgIpc) is 2.15. The molecule has 0 atom stereocenters. The molecular weight excluding hydrogens is 188 g/mol. The molecule has 0 aliphatic carbocycles. The third kappa shape index (κ3) is 1.75. The highest BCUT2D eigenvalue weighted by atomic mass is 14.9. The van der Waals surface area contributed by atoms with E-state index >= 15 is 0 Å². The SMILES string of the molecule is [2H]c1nc(N)c2nc(C(C)(C)C)ccc2n1. The lowest BCUT2D eigenvalue weighted by Crippen LogP contribution is -2.13. The molecule has 0 spiro atoms. The average molecular weight is 203 g/mol. The minimum atomic E-state index is -0.0738. The van der Waals surface area contributed by atoms with Crippen LogP contribution in [-0.4, -0.2) is 15.0 Å². The number of rotatable bonds is 0. The molecule has 0 amide bonds. The van der Waals surface area contributed by atoms with Gasteiger partial charge in [-0.15, -0.1) is 0 Å². The fourth-order valence-electron chi connectivity index (χ4n) is 1.33. The molecule has 2 heterocycles. The maximum Gasteiger partial charge on any atom is 0.153 e. The smallest absolute Gasteiger partial charge is 0.153 e. The van der Waals surface area contributed by atoms with E-state index in [4.69, 9.17) is 7.10 Å². The van der Waals surface area contributed by atoms with Crippen molar-refractivity contribution in [2.45, 2.75) is 26.2 Å². The summed E-state index contributed by atoms with van der Waals surface area (Å²) in [5.74, 6) is 0.265. The van der Waals surface area contributed by atoms with E-state index < -0.39 is 0 Å². The number of pyridine rings is 1. The van der Waals surface area contributed by atoms with Gasteiger partial charge in [0.2, 0.25) is 0 Å². The van der Waals surface area contributed by atoms with Crippen LogP contribution in [-0.2, 0) is 5.41 Å². The number of hydrogen-bond donors (Lipinski definition) is 1. The van der Waals surface area contributed by atoms with Gasteiger partial charge in [-0.1, -0.05) is 20.8 Å². The normalized spacial score (nSPS) is 12.9. The van der Waals surface area contributed by atoms with E-state index in [1.165, 1.54) is 0 Å². The number of hydrogen-bond acceptors (Lipinski definition) is 4. The number of nitrogens with zero attached hydrogens (tertiary/aromatic N) is 3. The molecule has 2 rings (SSSR count). The molecule has 0 bridgehead atoms. The van der Waals surface area contributed by atoms with Crippen molar-refractivity contribution in [1.82, 2.24) is 15.0 Å². The first-order valence-electron chi connectivity index (χ1n) is 5.29. The van der Waals surface area contributed by atoms with Gasteiger partial charge in [0, 0.05) is 11.1 Å². The van der Waals surface area contributed by atoms with Crippen molar-refractivity contribution in [1.29, 1.82) is 0 Å². The molecule has 0 fully saturated rings. The Morgan fingerprint density at radius 3 is 2.67 bits per heavy atom. The Morgan fingerprint density at radius 2 is 2.00 bits per heavy atom. The molecule has 78 valence electrons. The van der Waals surface area contributed by atoms with Crippen molar-refractivity contribution >= 4 is 16.9 Å². The summed E-state index contributed by atoms with van der Waals surface area (Å²) in [7, 11) is 0. The third-order valence-electron chi connectivity index (χ3n) is 2.23. The summed E-state index contributed by atoms with van der Waals surface area (Å²) < 4.78 is 7.36. The highest BCUT2D eigenvalue weighted by Crippen LogP contribution is 2.23. The Balaban J connectivity index is 2.72. The fraction of sp³-hybridized carbons (Fsp3) is 0.364. The Labute approximate surface area is 90.0 Å². The van der Waals surface area contributed by atoms with Crippen LogP contribution in [0.1, 0.15) is 27.8 Å². The van der Waals surface area contributed by atoms with Crippen LogP contribution in [0, 0.1) is 0 Å². The zero-order valence-electron chi connectivity index (χ0n) is 10.1. The second-order valence-corrected chi connectivity index (χ2v) is 4.52. The largest absolute Gasteiger partial charge is 0.382 e. The predicted octanol–water partition coefficient (Wildman–Crippen LogP) is 1.90. The lowest BCUT2D eigenvalue weighted by molar-refractivity contribution is 0.571. The molecule has 4 nitrogen and oxygen atoms in total. The number of nitrogen functional groups attached to an aromatic ring is 1. The molecule has 2 aromatic rings. The van der Waals surface area contributed by atoms with Crippen LogP contribution in [0.15, 0.2) is 18.4 Å². The lowest BCUT2D eigenvalue weighted by Gasteiger charge is -2.17. The molecule has 0 aliphatic heterocycles. The zero-order valence-corrected chi connectivity index (χ0v) is 9.07. The van der Waals surface area contributed by atoms with Gasteiger partial charge in [0.25, 0.3) is 0 Å². The minimum absolute atomic E-state index is 0.0414. The Hall–Kier alpha value is -1.71. The summed E-state index contributed by atoms with van der Waals surface area (Å²) in [5, 5.41) is 0. The summed E-state index contributed by atoms with van der Waals surface area (Å²) in [6.07, 6.45) is -0.0738. The van der Waals surface area contributed by atoms with Crippen LogP contribution >= 0.6 is 0 Å².